The number of carbonyl (C=O) groups is 3. The summed E-state index contributed by atoms with van der Waals surface area (Å²) in [5.41, 5.74) is 0.522. The monoisotopic (exact) mass is 421 g/mol. The molecule has 0 aromatic rings. The number of rotatable bonds is 15. The molecular formula is C18H32NO8P. The summed E-state index contributed by atoms with van der Waals surface area (Å²) in [5.74, 6) is -1.62. The smallest absolute Gasteiger partial charge is 0.335 e. The number of amides is 1. The number of allylic oxidation sites excluding steroid dienone is 1. The SMILES string of the molecule is CC(=O)OCCCCC(=CC(NC=O)C(=O)O)CP(=O)(OC(C)C)OC(C)C. The van der Waals surface area contributed by atoms with Crippen molar-refractivity contribution < 1.29 is 37.8 Å². The molecule has 0 aliphatic heterocycles. The van der Waals surface area contributed by atoms with Gasteiger partial charge in [0.1, 0.15) is 6.04 Å². The first-order chi connectivity index (χ1) is 13.0. The van der Waals surface area contributed by atoms with Crippen LogP contribution in [-0.4, -0.2) is 54.5 Å². The predicted molar refractivity (Wildman–Crippen MR) is 104 cm³/mol. The highest BCUT2D eigenvalue weighted by atomic mass is 31.2. The molecule has 0 bridgehead atoms. The van der Waals surface area contributed by atoms with Crippen molar-refractivity contribution in [2.45, 2.75) is 72.1 Å². The minimum absolute atomic E-state index is 0.0960. The average molecular weight is 421 g/mol. The molecule has 162 valence electrons. The molecule has 0 saturated heterocycles. The molecule has 10 heteroatoms. The molecule has 9 nitrogen and oxygen atoms in total. The van der Waals surface area contributed by atoms with E-state index in [0.29, 0.717) is 31.2 Å². The van der Waals surface area contributed by atoms with Crippen LogP contribution in [0.1, 0.15) is 53.9 Å². The number of nitrogens with one attached hydrogen (secondary N) is 1. The van der Waals surface area contributed by atoms with Gasteiger partial charge in [-0.15, -0.1) is 0 Å². The number of esters is 1. The average Bonchev–Trinajstić information content (AvgIpc) is 2.51. The Labute approximate surface area is 166 Å². The molecule has 28 heavy (non-hydrogen) atoms. The lowest BCUT2D eigenvalue weighted by Crippen LogP contribution is -2.34. The summed E-state index contributed by atoms with van der Waals surface area (Å²) in [6, 6.07) is -1.26. The van der Waals surface area contributed by atoms with Crippen molar-refractivity contribution in [3.63, 3.8) is 0 Å². The Kier molecular flexibility index (Phi) is 12.7. The second-order valence-corrected chi connectivity index (χ2v) is 8.76. The van der Waals surface area contributed by atoms with Gasteiger partial charge in [-0.25, -0.2) is 4.79 Å². The molecule has 0 aliphatic carbocycles. The molecular weight excluding hydrogens is 389 g/mol. The first-order valence-electron chi connectivity index (χ1n) is 9.20. The third kappa shape index (κ3) is 12.6. The Hall–Kier alpha value is -1.70. The summed E-state index contributed by atoms with van der Waals surface area (Å²) in [6.07, 6.45) is 2.35. The minimum Gasteiger partial charge on any atom is -0.479 e. The topological polar surface area (TPSA) is 128 Å². The Morgan fingerprint density at radius 2 is 1.68 bits per heavy atom. The van der Waals surface area contributed by atoms with Gasteiger partial charge in [0.15, 0.2) is 0 Å². The van der Waals surface area contributed by atoms with Gasteiger partial charge in [-0.05, 0) is 47.0 Å². The van der Waals surface area contributed by atoms with Crippen molar-refractivity contribution >= 4 is 25.9 Å². The van der Waals surface area contributed by atoms with Gasteiger partial charge in [0.2, 0.25) is 6.41 Å². The molecule has 0 radical (unpaired) electrons. The standard InChI is InChI=1S/C18H32NO8P/c1-13(2)26-28(24,27-14(3)4)11-16(8-6-7-9-25-15(5)21)10-17(18(22)23)19-12-20/h10,12-14,17H,6-9,11H2,1-5H3,(H,19,20)(H,22,23). The van der Waals surface area contributed by atoms with Crippen LogP contribution in [0, 0.1) is 0 Å². The van der Waals surface area contributed by atoms with Crippen molar-refractivity contribution in [1.29, 1.82) is 0 Å². The summed E-state index contributed by atoms with van der Waals surface area (Å²) >= 11 is 0. The van der Waals surface area contributed by atoms with Gasteiger partial charge in [-0.1, -0.05) is 11.6 Å². The van der Waals surface area contributed by atoms with Crippen molar-refractivity contribution in [3.05, 3.63) is 11.6 Å². The van der Waals surface area contributed by atoms with Crippen molar-refractivity contribution in [3.8, 4) is 0 Å². The molecule has 0 aliphatic rings. The van der Waals surface area contributed by atoms with E-state index in [2.05, 4.69) is 5.32 Å². The highest BCUT2D eigenvalue weighted by Gasteiger charge is 2.30. The van der Waals surface area contributed by atoms with Crippen LogP contribution in [0.15, 0.2) is 11.6 Å². The molecule has 0 spiro atoms. The second kappa shape index (κ2) is 13.5. The van der Waals surface area contributed by atoms with Gasteiger partial charge in [0.05, 0.1) is 25.0 Å². The molecule has 2 N–H and O–H groups in total. The molecule has 0 fully saturated rings. The zero-order valence-electron chi connectivity index (χ0n) is 17.2. The molecule has 1 unspecified atom stereocenters. The van der Waals surface area contributed by atoms with Gasteiger partial charge in [-0.2, -0.15) is 0 Å². The maximum absolute atomic E-state index is 13.1. The lowest BCUT2D eigenvalue weighted by Gasteiger charge is -2.24. The molecule has 0 rings (SSSR count). The van der Waals surface area contributed by atoms with E-state index in [1.807, 2.05) is 0 Å². The lowest BCUT2D eigenvalue weighted by molar-refractivity contribution is -0.141. The normalized spacial score (nSPS) is 13.5. The van der Waals surface area contributed by atoms with E-state index in [0.717, 1.165) is 0 Å². The van der Waals surface area contributed by atoms with Gasteiger partial charge in [0.25, 0.3) is 0 Å². The van der Waals surface area contributed by atoms with Crippen LogP contribution < -0.4 is 5.32 Å². The first kappa shape index (κ1) is 26.3. The number of unbranched alkanes of at least 4 members (excludes halogenated alkanes) is 1. The van der Waals surface area contributed by atoms with Crippen molar-refractivity contribution in [1.82, 2.24) is 5.32 Å². The van der Waals surface area contributed by atoms with Crippen LogP contribution in [0.25, 0.3) is 0 Å². The number of carboxylic acids is 1. The number of carbonyl (C=O) groups excluding carboxylic acids is 2. The second-order valence-electron chi connectivity index (χ2n) is 6.80. The molecule has 1 amide bonds. The van der Waals surface area contributed by atoms with Gasteiger partial charge in [-0.3, -0.25) is 14.2 Å². The summed E-state index contributed by atoms with van der Waals surface area (Å²) in [5, 5.41) is 11.5. The number of hydrogen-bond donors (Lipinski definition) is 2. The van der Waals surface area contributed by atoms with Crippen LogP contribution in [0.2, 0.25) is 0 Å². The van der Waals surface area contributed by atoms with Crippen LogP contribution in [-0.2, 0) is 32.7 Å². The predicted octanol–water partition coefficient (Wildman–Crippen LogP) is 2.89. The quantitative estimate of drug-likeness (QED) is 0.136. The molecule has 0 aromatic carbocycles. The third-order valence-electron chi connectivity index (χ3n) is 3.25. The van der Waals surface area contributed by atoms with E-state index < -0.39 is 19.6 Å². The summed E-state index contributed by atoms with van der Waals surface area (Å²) < 4.78 is 29.1. The fourth-order valence-electron chi connectivity index (χ4n) is 2.38. The maximum Gasteiger partial charge on any atom is 0.335 e. The van der Waals surface area contributed by atoms with Gasteiger partial charge < -0.3 is 24.2 Å². The number of ether oxygens (including phenoxy) is 1. The number of carboxylic acid groups (broad SMARTS) is 1. The van der Waals surface area contributed by atoms with E-state index in [1.54, 1.807) is 27.7 Å². The van der Waals surface area contributed by atoms with Gasteiger partial charge >= 0.3 is 19.5 Å². The largest absolute Gasteiger partial charge is 0.479 e. The zero-order chi connectivity index (χ0) is 21.7. The first-order valence-corrected chi connectivity index (χ1v) is 10.9. The van der Waals surface area contributed by atoms with Crippen molar-refractivity contribution in [2.24, 2.45) is 0 Å². The zero-order valence-corrected chi connectivity index (χ0v) is 18.1. The number of aliphatic carboxylic acids is 1. The minimum atomic E-state index is -3.53. The Bertz CT molecular complexity index is 574. The van der Waals surface area contributed by atoms with Crippen LogP contribution >= 0.6 is 7.60 Å². The highest BCUT2D eigenvalue weighted by molar-refractivity contribution is 7.54. The fraction of sp³-hybridized carbons (Fsp3) is 0.722. The van der Waals surface area contributed by atoms with E-state index in [4.69, 9.17) is 13.8 Å². The Balaban J connectivity index is 5.41. The summed E-state index contributed by atoms with van der Waals surface area (Å²) in [4.78, 5) is 32.8. The van der Waals surface area contributed by atoms with Gasteiger partial charge in [0, 0.05) is 6.92 Å². The fourth-order valence-corrected chi connectivity index (χ4v) is 4.62. The molecule has 0 saturated carbocycles. The Morgan fingerprint density at radius 1 is 1.11 bits per heavy atom. The molecule has 0 heterocycles. The third-order valence-corrected chi connectivity index (χ3v) is 5.53. The highest BCUT2D eigenvalue weighted by Crippen LogP contribution is 2.52. The van der Waals surface area contributed by atoms with Crippen molar-refractivity contribution in [2.75, 3.05) is 12.8 Å². The van der Waals surface area contributed by atoms with E-state index in [1.165, 1.54) is 13.0 Å². The lowest BCUT2D eigenvalue weighted by atomic mass is 10.1. The van der Waals surface area contributed by atoms with Crippen LogP contribution in [0.4, 0.5) is 0 Å². The van der Waals surface area contributed by atoms with E-state index in [9.17, 15) is 24.1 Å². The van der Waals surface area contributed by atoms with E-state index in [-0.39, 0.29) is 30.9 Å². The molecule has 1 atom stereocenters. The Morgan fingerprint density at radius 3 is 2.11 bits per heavy atom. The van der Waals surface area contributed by atoms with E-state index >= 15 is 0 Å². The maximum atomic E-state index is 13.1. The van der Waals surface area contributed by atoms with Crippen LogP contribution in [0.3, 0.4) is 0 Å². The summed E-state index contributed by atoms with van der Waals surface area (Å²) in [7, 11) is -3.53. The molecule has 0 aromatic heterocycles. The summed E-state index contributed by atoms with van der Waals surface area (Å²) in [6.45, 7) is 8.47. The number of hydrogen-bond acceptors (Lipinski definition) is 7. The van der Waals surface area contributed by atoms with Crippen LogP contribution in [0.5, 0.6) is 0 Å².